The van der Waals surface area contributed by atoms with Crippen molar-refractivity contribution in [2.45, 2.75) is 51.4 Å². The smallest absolute Gasteiger partial charge is 0.320 e. The Kier molecular flexibility index (Phi) is 5.64. The van der Waals surface area contributed by atoms with Gasteiger partial charge in [0, 0.05) is 0 Å². The Labute approximate surface area is 133 Å². The zero-order valence-electron chi connectivity index (χ0n) is 14.3. The fourth-order valence-corrected chi connectivity index (χ4v) is 2.72. The number of hydrogen-bond acceptors (Lipinski definition) is 4. The summed E-state index contributed by atoms with van der Waals surface area (Å²) in [6.45, 7) is 10.9. The maximum Gasteiger partial charge on any atom is 0.320 e. The third kappa shape index (κ3) is 4.48. The van der Waals surface area contributed by atoms with E-state index in [0.29, 0.717) is 11.5 Å². The Morgan fingerprint density at radius 2 is 1.91 bits per heavy atom. The van der Waals surface area contributed by atoms with E-state index in [2.05, 4.69) is 33.9 Å². The summed E-state index contributed by atoms with van der Waals surface area (Å²) >= 11 is 0. The van der Waals surface area contributed by atoms with Crippen molar-refractivity contribution in [1.29, 1.82) is 0 Å². The quantitative estimate of drug-likeness (QED) is 0.786. The lowest BCUT2D eigenvalue weighted by atomic mass is 10.1. The minimum atomic E-state index is -1.96. The van der Waals surface area contributed by atoms with Gasteiger partial charge < -0.3 is 20.0 Å². The molecule has 0 aliphatic carbocycles. The van der Waals surface area contributed by atoms with Gasteiger partial charge in [0.05, 0.1) is 7.11 Å². The highest BCUT2D eigenvalue weighted by molar-refractivity contribution is 6.74. The van der Waals surface area contributed by atoms with Crippen LogP contribution in [0.5, 0.6) is 11.5 Å². The third-order valence-corrected chi connectivity index (χ3v) is 8.51. The van der Waals surface area contributed by atoms with Crippen LogP contribution in [-0.2, 0) is 11.2 Å². The van der Waals surface area contributed by atoms with Gasteiger partial charge in [-0.3, -0.25) is 4.79 Å². The monoisotopic (exact) mass is 325 g/mol. The molecule has 1 atom stereocenters. The van der Waals surface area contributed by atoms with Crippen molar-refractivity contribution in [2.24, 2.45) is 5.73 Å². The van der Waals surface area contributed by atoms with Gasteiger partial charge >= 0.3 is 5.97 Å². The van der Waals surface area contributed by atoms with Gasteiger partial charge in [0.25, 0.3) is 8.32 Å². The molecule has 1 aromatic rings. The van der Waals surface area contributed by atoms with Crippen molar-refractivity contribution in [3.05, 3.63) is 23.8 Å². The fraction of sp³-hybridized carbons (Fsp3) is 0.562. The van der Waals surface area contributed by atoms with Gasteiger partial charge in [0.1, 0.15) is 11.8 Å². The summed E-state index contributed by atoms with van der Waals surface area (Å²) in [5, 5.41) is 8.98. The minimum absolute atomic E-state index is 0.0857. The molecule has 1 rings (SSSR count). The molecule has 0 amide bonds. The number of carbonyl (C=O) groups is 1. The lowest BCUT2D eigenvalue weighted by Crippen LogP contribution is -2.43. The largest absolute Gasteiger partial charge is 0.541 e. The lowest BCUT2D eigenvalue weighted by Gasteiger charge is -2.36. The van der Waals surface area contributed by atoms with E-state index >= 15 is 0 Å². The summed E-state index contributed by atoms with van der Waals surface area (Å²) < 4.78 is 11.7. The zero-order valence-corrected chi connectivity index (χ0v) is 15.3. The van der Waals surface area contributed by atoms with E-state index in [1.165, 1.54) is 0 Å². The maximum atomic E-state index is 10.8. The molecule has 0 fully saturated rings. The van der Waals surface area contributed by atoms with Crippen LogP contribution in [0.2, 0.25) is 18.1 Å². The van der Waals surface area contributed by atoms with Gasteiger partial charge in [-0.2, -0.15) is 0 Å². The second kappa shape index (κ2) is 6.70. The molecule has 124 valence electrons. The standard InChI is InChI=1S/C16H27NO4Si/c1-16(2,3)22(5,6)21-13-8-7-11(10-14(13)20-4)9-12(17)15(18)19/h7-8,10,12H,9,17H2,1-6H3,(H,18,19). The Bertz CT molecular complexity index is 537. The molecule has 0 spiro atoms. The molecule has 0 aliphatic heterocycles. The second-order valence-corrected chi connectivity index (χ2v) is 11.7. The fourth-order valence-electron chi connectivity index (χ4n) is 1.69. The van der Waals surface area contributed by atoms with Crippen molar-refractivity contribution in [1.82, 2.24) is 0 Å². The van der Waals surface area contributed by atoms with E-state index in [-0.39, 0.29) is 11.5 Å². The molecule has 0 saturated carbocycles. The molecular weight excluding hydrogens is 298 g/mol. The van der Waals surface area contributed by atoms with Gasteiger partial charge in [-0.05, 0) is 42.2 Å². The molecule has 3 N–H and O–H groups in total. The minimum Gasteiger partial charge on any atom is -0.541 e. The van der Waals surface area contributed by atoms with E-state index < -0.39 is 20.3 Å². The number of ether oxygens (including phenoxy) is 1. The highest BCUT2D eigenvalue weighted by Gasteiger charge is 2.39. The third-order valence-electron chi connectivity index (χ3n) is 4.17. The first-order valence-electron chi connectivity index (χ1n) is 7.32. The van der Waals surface area contributed by atoms with Crippen molar-refractivity contribution >= 4 is 14.3 Å². The number of carboxylic acids is 1. The molecule has 1 aromatic carbocycles. The van der Waals surface area contributed by atoms with Crippen LogP contribution in [0.1, 0.15) is 26.3 Å². The molecule has 0 bridgehead atoms. The van der Waals surface area contributed by atoms with Crippen LogP contribution < -0.4 is 14.9 Å². The Morgan fingerprint density at radius 1 is 1.32 bits per heavy atom. The molecule has 5 nitrogen and oxygen atoms in total. The summed E-state index contributed by atoms with van der Waals surface area (Å²) in [4.78, 5) is 10.8. The van der Waals surface area contributed by atoms with Crippen LogP contribution in [0.25, 0.3) is 0 Å². The molecule has 0 heterocycles. The van der Waals surface area contributed by atoms with E-state index in [1.54, 1.807) is 13.2 Å². The van der Waals surface area contributed by atoms with Crippen LogP contribution in [0.3, 0.4) is 0 Å². The van der Waals surface area contributed by atoms with Crippen LogP contribution in [0.15, 0.2) is 18.2 Å². The van der Waals surface area contributed by atoms with E-state index in [9.17, 15) is 4.79 Å². The van der Waals surface area contributed by atoms with Crippen LogP contribution >= 0.6 is 0 Å². The Morgan fingerprint density at radius 3 is 2.36 bits per heavy atom. The lowest BCUT2D eigenvalue weighted by molar-refractivity contribution is -0.138. The second-order valence-electron chi connectivity index (χ2n) is 7.00. The first-order chi connectivity index (χ1) is 9.98. The number of carboxylic acid groups (broad SMARTS) is 1. The normalized spacial score (nSPS) is 13.6. The summed E-state index contributed by atoms with van der Waals surface area (Å²) in [7, 11) is -0.381. The van der Waals surface area contributed by atoms with Crippen molar-refractivity contribution in [3.8, 4) is 11.5 Å². The number of aliphatic carboxylic acids is 1. The van der Waals surface area contributed by atoms with Crippen LogP contribution in [0, 0.1) is 0 Å². The molecule has 0 radical (unpaired) electrons. The highest BCUT2D eigenvalue weighted by atomic mass is 28.4. The molecule has 1 unspecified atom stereocenters. The molecule has 0 saturated heterocycles. The topological polar surface area (TPSA) is 81.8 Å². The Hall–Kier alpha value is -1.53. The number of hydrogen-bond donors (Lipinski definition) is 2. The van der Waals surface area contributed by atoms with Gasteiger partial charge in [-0.1, -0.05) is 26.8 Å². The summed E-state index contributed by atoms with van der Waals surface area (Å²) in [6.07, 6.45) is 0.256. The van der Waals surface area contributed by atoms with Crippen LogP contribution in [-0.4, -0.2) is 32.5 Å². The van der Waals surface area contributed by atoms with Gasteiger partial charge in [-0.25, -0.2) is 0 Å². The number of nitrogens with two attached hydrogens (primary N) is 1. The average Bonchev–Trinajstić information content (AvgIpc) is 2.38. The molecule has 6 heteroatoms. The van der Waals surface area contributed by atoms with Gasteiger partial charge in [0.2, 0.25) is 0 Å². The molecule has 0 aromatic heterocycles. The highest BCUT2D eigenvalue weighted by Crippen LogP contribution is 2.40. The van der Waals surface area contributed by atoms with E-state index in [4.69, 9.17) is 20.0 Å². The van der Waals surface area contributed by atoms with Crippen LogP contribution in [0.4, 0.5) is 0 Å². The number of rotatable bonds is 6. The number of methoxy groups -OCH3 is 1. The van der Waals surface area contributed by atoms with Crippen molar-refractivity contribution < 1.29 is 19.1 Å². The average molecular weight is 325 g/mol. The first-order valence-corrected chi connectivity index (χ1v) is 10.2. The van der Waals surface area contributed by atoms with Gasteiger partial charge in [0.15, 0.2) is 5.75 Å². The summed E-state index contributed by atoms with van der Waals surface area (Å²) in [5.41, 5.74) is 6.39. The molecule has 0 aliphatic rings. The zero-order chi connectivity index (χ0) is 17.1. The number of benzene rings is 1. The summed E-state index contributed by atoms with van der Waals surface area (Å²) in [6, 6.07) is 4.55. The predicted molar refractivity (Wildman–Crippen MR) is 90.1 cm³/mol. The van der Waals surface area contributed by atoms with Crippen molar-refractivity contribution in [2.75, 3.05) is 7.11 Å². The SMILES string of the molecule is COc1cc(CC(N)C(=O)O)ccc1O[Si](C)(C)C(C)(C)C. The molecular formula is C16H27NO4Si. The Balaban J connectivity index is 3.02. The summed E-state index contributed by atoms with van der Waals surface area (Å²) in [5.74, 6) is 0.294. The van der Waals surface area contributed by atoms with E-state index in [1.807, 2.05) is 12.1 Å². The van der Waals surface area contributed by atoms with Crippen molar-refractivity contribution in [3.63, 3.8) is 0 Å². The van der Waals surface area contributed by atoms with Gasteiger partial charge in [-0.15, -0.1) is 0 Å². The maximum absolute atomic E-state index is 10.8. The molecule has 22 heavy (non-hydrogen) atoms. The first kappa shape index (κ1) is 18.5. The van der Waals surface area contributed by atoms with E-state index in [0.717, 1.165) is 5.56 Å². The predicted octanol–water partition coefficient (Wildman–Crippen LogP) is 3.03.